The zero-order valence-electron chi connectivity index (χ0n) is 20.1. The zero-order valence-corrected chi connectivity index (χ0v) is 22.9. The summed E-state index contributed by atoms with van der Waals surface area (Å²) in [6, 6.07) is 0. The van der Waals surface area contributed by atoms with Crippen LogP contribution in [0.15, 0.2) is 0 Å². The number of hydrogen-bond acceptors (Lipinski definition) is 4. The van der Waals surface area contributed by atoms with E-state index in [1.54, 1.807) is 0 Å². The Balaban J connectivity index is 0. The molecule has 0 aromatic rings. The Hall–Kier alpha value is 0.307. The van der Waals surface area contributed by atoms with Crippen molar-refractivity contribution in [1.82, 2.24) is 0 Å². The Morgan fingerprint density at radius 2 is 1.20 bits per heavy atom. The average Bonchev–Trinajstić information content (AvgIpc) is 2.57. The van der Waals surface area contributed by atoms with Crippen LogP contribution in [-0.2, 0) is 14.5 Å². The van der Waals surface area contributed by atoms with E-state index in [2.05, 4.69) is 54.3 Å². The monoisotopic (exact) mass is 496 g/mol. The second-order valence-electron chi connectivity index (χ2n) is 9.21. The molecule has 0 saturated heterocycles. The third kappa shape index (κ3) is 13.7. The third-order valence-electron chi connectivity index (χ3n) is 4.74. The Kier molecular flexibility index (Phi) is 15.7. The van der Waals surface area contributed by atoms with Crippen LogP contribution in [0.2, 0.25) is 19.6 Å². The second-order valence-corrected chi connectivity index (χ2v) is 19.3. The summed E-state index contributed by atoms with van der Waals surface area (Å²) in [7, 11) is -8.57. The quantitative estimate of drug-likeness (QED) is 0.116. The largest absolute Gasteiger partial charge is 0.741 e. The summed E-state index contributed by atoms with van der Waals surface area (Å²) in [6.45, 7) is 19.0. The van der Waals surface area contributed by atoms with Gasteiger partial charge in [0, 0.05) is 13.2 Å². The van der Waals surface area contributed by atoms with Gasteiger partial charge in [-0.25, -0.2) is 8.42 Å². The van der Waals surface area contributed by atoms with Crippen molar-refractivity contribution in [3.05, 3.63) is 0 Å². The summed E-state index contributed by atoms with van der Waals surface area (Å²) >= 11 is 0. The van der Waals surface area contributed by atoms with Crippen LogP contribution >= 0.6 is 7.26 Å². The molecule has 0 aliphatic heterocycles. The van der Waals surface area contributed by atoms with Gasteiger partial charge >= 0.3 is 5.51 Å². The van der Waals surface area contributed by atoms with Gasteiger partial charge < -0.3 is 8.98 Å². The molecule has 0 aliphatic carbocycles. The van der Waals surface area contributed by atoms with Crippen LogP contribution in [0.3, 0.4) is 0 Å². The normalized spacial score (nSPS) is 14.4. The molecule has 0 saturated carbocycles. The summed E-state index contributed by atoms with van der Waals surface area (Å²) in [5, 5.41) is 0. The van der Waals surface area contributed by atoms with Gasteiger partial charge in [0.25, 0.3) is 0 Å². The number of alkyl halides is 3. The highest BCUT2D eigenvalue weighted by Gasteiger charge is 2.48. The van der Waals surface area contributed by atoms with Gasteiger partial charge in [-0.15, -0.1) is 0 Å². The molecule has 4 nitrogen and oxygen atoms in total. The highest BCUT2D eigenvalue weighted by Crippen LogP contribution is 2.67. The van der Waals surface area contributed by atoms with Crippen molar-refractivity contribution in [1.29, 1.82) is 0 Å². The molecule has 0 N–H and O–H groups in total. The lowest BCUT2D eigenvalue weighted by atomic mass is 10.2. The van der Waals surface area contributed by atoms with Crippen molar-refractivity contribution in [2.24, 2.45) is 5.92 Å². The Morgan fingerprint density at radius 3 is 1.37 bits per heavy atom. The van der Waals surface area contributed by atoms with Gasteiger partial charge in [-0.05, 0) is 38.9 Å². The van der Waals surface area contributed by atoms with E-state index >= 15 is 0 Å². The highest BCUT2D eigenvalue weighted by atomic mass is 32.2. The SMILES string of the molecule is CCCC[P+](CCCC)(CCCC)C(O[Si](C)(C)C)C(C)C.O=S(=O)([O-])C(F)(F)F. The molecule has 0 heterocycles. The fraction of sp³-hybridized carbons (Fsp3) is 1.00. The maximum absolute atomic E-state index is 10.7. The van der Waals surface area contributed by atoms with E-state index < -0.39 is 31.2 Å². The maximum Gasteiger partial charge on any atom is 0.485 e. The minimum Gasteiger partial charge on any atom is -0.741 e. The second kappa shape index (κ2) is 14.5. The van der Waals surface area contributed by atoms with Crippen molar-refractivity contribution in [2.45, 2.75) is 104 Å². The number of rotatable bonds is 13. The van der Waals surface area contributed by atoms with E-state index in [9.17, 15) is 13.2 Å². The molecular formula is C20H44F3O4PSSi. The van der Waals surface area contributed by atoms with Gasteiger partial charge in [0.15, 0.2) is 24.3 Å². The minimum absolute atomic E-state index is 0.559. The van der Waals surface area contributed by atoms with Crippen molar-refractivity contribution < 1.29 is 30.6 Å². The first-order valence-corrected chi connectivity index (χ1v) is 18.3. The van der Waals surface area contributed by atoms with E-state index in [1.807, 2.05) is 0 Å². The number of halogens is 3. The van der Waals surface area contributed by atoms with Crippen molar-refractivity contribution in [3.8, 4) is 0 Å². The van der Waals surface area contributed by atoms with Crippen LogP contribution in [0, 0.1) is 5.92 Å². The highest BCUT2D eigenvalue weighted by molar-refractivity contribution is 7.86. The molecule has 1 atom stereocenters. The molecular weight excluding hydrogens is 452 g/mol. The molecule has 184 valence electrons. The lowest BCUT2D eigenvalue weighted by Gasteiger charge is -2.40. The lowest BCUT2D eigenvalue weighted by Crippen LogP contribution is -2.38. The molecule has 1 unspecified atom stereocenters. The molecule has 0 radical (unpaired) electrons. The van der Waals surface area contributed by atoms with Crippen LogP contribution < -0.4 is 0 Å². The van der Waals surface area contributed by atoms with Crippen molar-refractivity contribution in [3.63, 3.8) is 0 Å². The average molecular weight is 497 g/mol. The van der Waals surface area contributed by atoms with Crippen molar-refractivity contribution in [2.75, 3.05) is 18.5 Å². The summed E-state index contributed by atoms with van der Waals surface area (Å²) in [5.74, 6) is 1.23. The molecule has 0 amide bonds. The van der Waals surface area contributed by atoms with E-state index in [1.165, 1.54) is 57.0 Å². The third-order valence-corrected chi connectivity index (χ3v) is 11.9. The molecule has 10 heteroatoms. The predicted molar refractivity (Wildman–Crippen MR) is 125 cm³/mol. The minimum atomic E-state index is -6.09. The first-order chi connectivity index (χ1) is 13.5. The molecule has 0 spiro atoms. The van der Waals surface area contributed by atoms with Crippen molar-refractivity contribution >= 4 is 25.7 Å². The standard InChI is InChI=1S/C19H44OPSi.CHF3O3S/c1-9-12-15-21(16-13-10-2,17-14-11-3)19(18(4)5)20-22(6,7)8;2-1(3,4)8(5,6)7/h18-19H,9-17H2,1-8H3;(H,5,6,7)/q+1;/p-1. The molecule has 0 aromatic heterocycles. The van der Waals surface area contributed by atoms with Gasteiger partial charge in [0.1, 0.15) is 0 Å². The van der Waals surface area contributed by atoms with Gasteiger partial charge in [0.2, 0.25) is 0 Å². The molecule has 0 bridgehead atoms. The van der Waals surface area contributed by atoms with E-state index in [0.717, 1.165) is 0 Å². The number of unbranched alkanes of at least 4 members (excludes halogenated alkanes) is 3. The van der Waals surface area contributed by atoms with E-state index in [4.69, 9.17) is 17.4 Å². The Labute approximate surface area is 185 Å². The molecule has 30 heavy (non-hydrogen) atoms. The summed E-state index contributed by atoms with van der Waals surface area (Å²) < 4.78 is 65.7. The van der Waals surface area contributed by atoms with Crippen LogP contribution in [0.1, 0.15) is 73.1 Å². The summed E-state index contributed by atoms with van der Waals surface area (Å²) in [5.41, 5.74) is -5.65. The smallest absolute Gasteiger partial charge is 0.485 e. The summed E-state index contributed by atoms with van der Waals surface area (Å²) in [6.07, 6.45) is 12.6. The Bertz CT molecular complexity index is 527. The number of hydrogen-bond donors (Lipinski definition) is 0. The molecule has 0 fully saturated rings. The lowest BCUT2D eigenvalue weighted by molar-refractivity contribution is -0.0517. The maximum atomic E-state index is 10.7. The van der Waals surface area contributed by atoms with Gasteiger partial charge in [-0.3, -0.25) is 0 Å². The first-order valence-electron chi connectivity index (χ1n) is 11.0. The molecule has 0 aliphatic rings. The van der Waals surface area contributed by atoms with Crippen LogP contribution in [0.4, 0.5) is 13.2 Å². The fourth-order valence-electron chi connectivity index (χ4n) is 3.38. The first kappa shape index (κ1) is 32.5. The topological polar surface area (TPSA) is 66.4 Å². The van der Waals surface area contributed by atoms with E-state index in [0.29, 0.717) is 11.8 Å². The van der Waals surface area contributed by atoms with Gasteiger partial charge in [-0.2, -0.15) is 13.2 Å². The Morgan fingerprint density at radius 1 is 0.900 bits per heavy atom. The molecule has 0 aromatic carbocycles. The molecule has 0 rings (SSSR count). The summed E-state index contributed by atoms with van der Waals surface area (Å²) in [4.78, 5) is 0. The zero-order chi connectivity index (χ0) is 24.2. The predicted octanol–water partition coefficient (Wildman–Crippen LogP) is 7.29. The van der Waals surface area contributed by atoms with E-state index in [-0.39, 0.29) is 0 Å². The van der Waals surface area contributed by atoms with Gasteiger partial charge in [-0.1, -0.05) is 53.9 Å². The van der Waals surface area contributed by atoms with Crippen LogP contribution in [-0.4, -0.2) is 51.1 Å². The van der Waals surface area contributed by atoms with Crippen LogP contribution in [0.5, 0.6) is 0 Å². The van der Waals surface area contributed by atoms with Gasteiger partial charge in [0.05, 0.1) is 18.5 Å². The van der Waals surface area contributed by atoms with Crippen LogP contribution in [0.25, 0.3) is 0 Å². The fourth-order valence-corrected chi connectivity index (χ4v) is 11.8.